The first-order chi connectivity index (χ1) is 14.0. The van der Waals surface area contributed by atoms with Gasteiger partial charge in [0.2, 0.25) is 5.03 Å². The van der Waals surface area contributed by atoms with E-state index in [0.717, 1.165) is 18.4 Å². The van der Waals surface area contributed by atoms with Crippen molar-refractivity contribution in [3.63, 3.8) is 0 Å². The quantitative estimate of drug-likeness (QED) is 0.141. The highest BCUT2D eigenvalue weighted by Crippen LogP contribution is 2.27. The molecule has 2 unspecified atom stereocenters. The fourth-order valence-corrected chi connectivity index (χ4v) is 4.10. The van der Waals surface area contributed by atoms with Gasteiger partial charge in [-0.05, 0) is 17.9 Å². The smallest absolute Gasteiger partial charge is 0.237 e. The van der Waals surface area contributed by atoms with E-state index in [-0.39, 0.29) is 28.1 Å². The van der Waals surface area contributed by atoms with Crippen LogP contribution in [0.5, 0.6) is 0 Å². The number of rotatable bonds is 18. The van der Waals surface area contributed by atoms with E-state index >= 15 is 0 Å². The van der Waals surface area contributed by atoms with Crippen LogP contribution in [0.25, 0.3) is 0 Å². The molecule has 0 radical (unpaired) electrons. The van der Waals surface area contributed by atoms with Gasteiger partial charge in [-0.1, -0.05) is 114 Å². The van der Waals surface area contributed by atoms with Gasteiger partial charge in [0.05, 0.1) is 0 Å². The van der Waals surface area contributed by atoms with Crippen molar-refractivity contribution in [1.82, 2.24) is 0 Å². The lowest BCUT2D eigenvalue weighted by molar-refractivity contribution is -1.33. The Hall–Kier alpha value is -1.13. The lowest BCUT2D eigenvalue weighted by Crippen LogP contribution is -3.00. The van der Waals surface area contributed by atoms with Gasteiger partial charge in [0.1, 0.15) is 13.6 Å². The summed E-state index contributed by atoms with van der Waals surface area (Å²) < 4.78 is -0.123. The second-order valence-corrected chi connectivity index (χ2v) is 8.86. The standard InChI is InChI=1S/C25H45N2O2.ClH/c1-4-5-6-7-8-9-10-11-12-13-14-15-16-20-23-27(3,26(28)29)24(2)25-21-18-17-19-22-25;/h17-19,21-22,24H,4-16,20,23H2,1-3H3;1H/q+1;/p-1. The minimum atomic E-state index is -0.131. The summed E-state index contributed by atoms with van der Waals surface area (Å²) in [7, 11) is 1.76. The molecule has 0 aliphatic rings. The molecule has 174 valence electrons. The lowest BCUT2D eigenvalue weighted by Gasteiger charge is -2.28. The van der Waals surface area contributed by atoms with E-state index in [1.54, 1.807) is 7.05 Å². The van der Waals surface area contributed by atoms with Gasteiger partial charge >= 0.3 is 0 Å². The number of unbranched alkanes of at least 4 members (excludes halogenated alkanes) is 13. The van der Waals surface area contributed by atoms with Crippen molar-refractivity contribution in [1.29, 1.82) is 0 Å². The Balaban J connectivity index is 0.00000841. The molecular formula is C25H45ClN2O2. The molecule has 1 aromatic carbocycles. The molecule has 0 amide bonds. The Kier molecular flexibility index (Phi) is 16.9. The number of nitro groups is 1. The molecule has 0 aliphatic carbocycles. The first kappa shape index (κ1) is 28.9. The van der Waals surface area contributed by atoms with Crippen LogP contribution < -0.4 is 12.4 Å². The van der Waals surface area contributed by atoms with E-state index < -0.39 is 0 Å². The summed E-state index contributed by atoms with van der Waals surface area (Å²) >= 11 is 0. The zero-order valence-corrected chi connectivity index (χ0v) is 20.4. The van der Waals surface area contributed by atoms with Crippen molar-refractivity contribution in [3.8, 4) is 0 Å². The molecular weight excluding hydrogens is 396 g/mol. The molecule has 0 aromatic heterocycles. The Labute approximate surface area is 191 Å². The molecule has 1 rings (SSSR count). The summed E-state index contributed by atoms with van der Waals surface area (Å²) in [5.74, 6) is 0. The maximum Gasteiger partial charge on any atom is 0.237 e. The van der Waals surface area contributed by atoms with Gasteiger partial charge < -0.3 is 12.4 Å². The number of nitrogens with zero attached hydrogens (tertiary/aromatic N) is 2. The zero-order valence-electron chi connectivity index (χ0n) is 19.7. The van der Waals surface area contributed by atoms with E-state index in [2.05, 4.69) is 6.92 Å². The topological polar surface area (TPSA) is 43.1 Å². The molecule has 1 aromatic rings. The number of quaternary nitrogens is 1. The average molecular weight is 441 g/mol. The number of halogens is 1. The normalized spacial score (nSPS) is 14.0. The van der Waals surface area contributed by atoms with Gasteiger partial charge in [-0.25, -0.2) is 10.1 Å². The fraction of sp³-hybridized carbons (Fsp3) is 0.760. The van der Waals surface area contributed by atoms with Crippen LogP contribution in [0.2, 0.25) is 0 Å². The monoisotopic (exact) mass is 440 g/mol. The highest BCUT2D eigenvalue weighted by atomic mass is 35.5. The molecule has 0 N–H and O–H groups in total. The van der Waals surface area contributed by atoms with E-state index in [4.69, 9.17) is 0 Å². The van der Waals surface area contributed by atoms with Crippen LogP contribution in [0.3, 0.4) is 0 Å². The molecule has 0 spiro atoms. The molecule has 0 aliphatic heterocycles. The van der Waals surface area contributed by atoms with E-state index in [9.17, 15) is 10.1 Å². The number of hydrogen-bond donors (Lipinski definition) is 0. The summed E-state index contributed by atoms with van der Waals surface area (Å²) in [4.78, 5) is 11.8. The summed E-state index contributed by atoms with van der Waals surface area (Å²) in [5, 5.41) is 11.7. The second-order valence-electron chi connectivity index (χ2n) is 8.86. The summed E-state index contributed by atoms with van der Waals surface area (Å²) in [5.41, 5.74) is 1.04. The van der Waals surface area contributed by atoms with Gasteiger partial charge in [0.25, 0.3) is 0 Å². The Morgan fingerprint density at radius 1 is 0.800 bits per heavy atom. The van der Waals surface area contributed by atoms with Gasteiger partial charge in [-0.15, -0.1) is 0 Å². The van der Waals surface area contributed by atoms with Gasteiger partial charge in [-0.3, -0.25) is 0 Å². The highest BCUT2D eigenvalue weighted by Gasteiger charge is 2.41. The van der Waals surface area contributed by atoms with Gasteiger partial charge in [0, 0.05) is 12.0 Å². The third kappa shape index (κ3) is 11.3. The summed E-state index contributed by atoms with van der Waals surface area (Å²) in [6, 6.07) is 9.74. The van der Waals surface area contributed by atoms with Crippen molar-refractivity contribution < 1.29 is 22.0 Å². The first-order valence-corrected chi connectivity index (χ1v) is 12.1. The van der Waals surface area contributed by atoms with E-state index in [1.165, 1.54) is 77.0 Å². The zero-order chi connectivity index (χ0) is 21.4. The largest absolute Gasteiger partial charge is 1.00 e. The first-order valence-electron chi connectivity index (χ1n) is 12.1. The molecule has 4 nitrogen and oxygen atoms in total. The SMILES string of the molecule is CCCCCCCCCCCCCCCC[N+](C)(C(C)c1ccccc1)[N+](=O)[O-].[Cl-]. The predicted octanol–water partition coefficient (Wildman–Crippen LogP) is 4.87. The Bertz CT molecular complexity index is 541. The van der Waals surface area contributed by atoms with Crippen LogP contribution in [0.4, 0.5) is 0 Å². The van der Waals surface area contributed by atoms with E-state index in [0.29, 0.717) is 6.54 Å². The molecule has 0 saturated heterocycles. The molecule has 2 atom stereocenters. The molecule has 30 heavy (non-hydrogen) atoms. The molecule has 0 bridgehead atoms. The van der Waals surface area contributed by atoms with Crippen molar-refractivity contribution in [3.05, 3.63) is 46.0 Å². The molecule has 0 saturated carbocycles. The maximum atomic E-state index is 11.8. The predicted molar refractivity (Wildman–Crippen MR) is 123 cm³/mol. The van der Waals surface area contributed by atoms with Crippen molar-refractivity contribution >= 4 is 0 Å². The Morgan fingerprint density at radius 2 is 1.20 bits per heavy atom. The molecule has 0 fully saturated rings. The lowest BCUT2D eigenvalue weighted by atomic mass is 10.0. The molecule has 5 heteroatoms. The van der Waals surface area contributed by atoms with Crippen molar-refractivity contribution in [2.75, 3.05) is 13.6 Å². The number of benzene rings is 1. The Morgan fingerprint density at radius 3 is 1.60 bits per heavy atom. The van der Waals surface area contributed by atoms with Crippen LogP contribution in [0.1, 0.15) is 115 Å². The summed E-state index contributed by atoms with van der Waals surface area (Å²) in [6.45, 7) is 4.84. The van der Waals surface area contributed by atoms with Crippen LogP contribution in [-0.4, -0.2) is 23.2 Å². The van der Waals surface area contributed by atoms with E-state index in [1.807, 2.05) is 37.3 Å². The third-order valence-corrected chi connectivity index (χ3v) is 6.45. The minimum absolute atomic E-state index is 0. The van der Waals surface area contributed by atoms with Crippen LogP contribution in [0, 0.1) is 10.1 Å². The highest BCUT2D eigenvalue weighted by molar-refractivity contribution is 5.16. The minimum Gasteiger partial charge on any atom is -1.00 e. The van der Waals surface area contributed by atoms with Gasteiger partial charge in [-0.2, -0.15) is 0 Å². The van der Waals surface area contributed by atoms with Crippen molar-refractivity contribution in [2.24, 2.45) is 0 Å². The van der Waals surface area contributed by atoms with Crippen LogP contribution in [0.15, 0.2) is 30.3 Å². The van der Waals surface area contributed by atoms with Crippen LogP contribution in [-0.2, 0) is 0 Å². The summed E-state index contributed by atoms with van der Waals surface area (Å²) in [6.07, 6.45) is 18.3. The fourth-order valence-electron chi connectivity index (χ4n) is 4.10. The number of hydrogen-bond acceptors (Lipinski definition) is 2. The van der Waals surface area contributed by atoms with Crippen molar-refractivity contribution in [2.45, 2.75) is 110 Å². The van der Waals surface area contributed by atoms with Gasteiger partial charge in [0.15, 0.2) is 6.04 Å². The molecule has 0 heterocycles. The third-order valence-electron chi connectivity index (χ3n) is 6.45. The average Bonchev–Trinajstić information content (AvgIpc) is 2.73. The maximum absolute atomic E-state index is 11.8. The van der Waals surface area contributed by atoms with Crippen LogP contribution >= 0.6 is 0 Å². The second kappa shape index (κ2) is 17.5.